The van der Waals surface area contributed by atoms with Crippen molar-refractivity contribution in [2.45, 2.75) is 50.4 Å². The molecular weight excluding hydrogens is 478 g/mol. The molecule has 2 aromatic rings. The Kier molecular flexibility index (Phi) is 9.50. The van der Waals surface area contributed by atoms with E-state index < -0.39 is 72.6 Å². The lowest BCUT2D eigenvalue weighted by Crippen LogP contribution is -2.58. The molecule has 14 nitrogen and oxygen atoms in total. The highest BCUT2D eigenvalue weighted by Gasteiger charge is 2.32. The van der Waals surface area contributed by atoms with Crippen LogP contribution in [0.25, 0.3) is 10.9 Å². The first-order valence-electron chi connectivity index (χ1n) is 10.8. The number of carbonyl (C=O) groups is 6. The van der Waals surface area contributed by atoms with E-state index in [9.17, 15) is 33.9 Å². The average molecular weight is 505 g/mol. The monoisotopic (exact) mass is 505 g/mol. The number of fused-ring (bicyclic) bond motifs is 1. The molecule has 1 heterocycles. The highest BCUT2D eigenvalue weighted by Crippen LogP contribution is 2.19. The number of carboxylic acids is 3. The van der Waals surface area contributed by atoms with Crippen molar-refractivity contribution >= 4 is 46.5 Å². The van der Waals surface area contributed by atoms with Gasteiger partial charge in [-0.2, -0.15) is 0 Å². The number of aromatic amines is 1. The van der Waals surface area contributed by atoms with Gasteiger partial charge in [0.15, 0.2) is 0 Å². The summed E-state index contributed by atoms with van der Waals surface area (Å²) in [4.78, 5) is 74.5. The minimum atomic E-state index is -1.79. The third-order valence-electron chi connectivity index (χ3n) is 5.15. The second-order valence-electron chi connectivity index (χ2n) is 8.07. The van der Waals surface area contributed by atoms with Crippen molar-refractivity contribution in [2.75, 3.05) is 0 Å². The zero-order chi connectivity index (χ0) is 27.0. The molecule has 3 amide bonds. The fraction of sp³-hybridized carbons (Fsp3) is 0.364. The van der Waals surface area contributed by atoms with Crippen LogP contribution < -0.4 is 21.7 Å². The fourth-order valence-electron chi connectivity index (χ4n) is 3.34. The lowest BCUT2D eigenvalue weighted by molar-refractivity contribution is -0.147. The highest BCUT2D eigenvalue weighted by molar-refractivity contribution is 5.96. The van der Waals surface area contributed by atoms with E-state index >= 15 is 0 Å². The maximum absolute atomic E-state index is 13.0. The van der Waals surface area contributed by atoms with E-state index in [2.05, 4.69) is 20.9 Å². The van der Waals surface area contributed by atoms with E-state index in [1.165, 1.54) is 6.92 Å². The fourth-order valence-corrected chi connectivity index (χ4v) is 3.34. The third-order valence-corrected chi connectivity index (χ3v) is 5.15. The lowest BCUT2D eigenvalue weighted by Gasteiger charge is -2.24. The van der Waals surface area contributed by atoms with Gasteiger partial charge in [-0.25, -0.2) is 4.79 Å². The summed E-state index contributed by atoms with van der Waals surface area (Å²) in [6, 6.07) is 1.16. The van der Waals surface area contributed by atoms with Crippen LogP contribution >= 0.6 is 0 Å². The number of aliphatic carboxylic acids is 3. The molecule has 0 fully saturated rings. The number of benzene rings is 1. The molecule has 0 spiro atoms. The van der Waals surface area contributed by atoms with Gasteiger partial charge >= 0.3 is 17.9 Å². The molecule has 0 bridgehead atoms. The predicted octanol–water partition coefficient (Wildman–Crippen LogP) is -1.45. The van der Waals surface area contributed by atoms with Gasteiger partial charge in [0.05, 0.1) is 18.9 Å². The molecule has 36 heavy (non-hydrogen) atoms. The number of hydrogen-bond donors (Lipinski definition) is 8. The van der Waals surface area contributed by atoms with E-state index in [0.717, 1.165) is 5.52 Å². The standard InChI is InChI=1S/C22H27N5O9/c1-10(23)19(32)25-15(7-17(28)29)21(34)26-14(20(33)27-16(22(35)36)8-18(30)31)6-11-9-24-13-5-3-2-4-12(11)13/h2-5,9-10,14-16,24H,6-8,23H2,1H3,(H,25,32)(H,26,34)(H,27,33)(H,28,29)(H,30,31)(H,35,36). The molecule has 0 saturated heterocycles. The van der Waals surface area contributed by atoms with Gasteiger partial charge < -0.3 is 42.0 Å². The molecule has 1 aromatic carbocycles. The van der Waals surface area contributed by atoms with E-state index in [4.69, 9.17) is 15.9 Å². The van der Waals surface area contributed by atoms with Gasteiger partial charge in [0.1, 0.15) is 18.1 Å². The number of aromatic nitrogens is 1. The van der Waals surface area contributed by atoms with Crippen LogP contribution in [0, 0.1) is 0 Å². The van der Waals surface area contributed by atoms with Crippen LogP contribution in [-0.4, -0.2) is 80.1 Å². The third kappa shape index (κ3) is 7.80. The van der Waals surface area contributed by atoms with E-state index in [-0.39, 0.29) is 6.42 Å². The molecule has 1 aromatic heterocycles. The first-order valence-corrected chi connectivity index (χ1v) is 10.8. The van der Waals surface area contributed by atoms with E-state index in [0.29, 0.717) is 10.9 Å². The second-order valence-corrected chi connectivity index (χ2v) is 8.07. The van der Waals surface area contributed by atoms with Crippen LogP contribution in [-0.2, 0) is 35.2 Å². The van der Waals surface area contributed by atoms with Crippen LogP contribution in [0.3, 0.4) is 0 Å². The van der Waals surface area contributed by atoms with Gasteiger partial charge in [-0.1, -0.05) is 18.2 Å². The molecule has 0 saturated carbocycles. The van der Waals surface area contributed by atoms with Gasteiger partial charge in [0.2, 0.25) is 17.7 Å². The molecule has 194 valence electrons. The Morgan fingerprint density at radius 3 is 1.94 bits per heavy atom. The first kappa shape index (κ1) is 27.8. The normalized spacial score (nSPS) is 14.2. The predicted molar refractivity (Wildman–Crippen MR) is 124 cm³/mol. The molecule has 0 aliphatic rings. The van der Waals surface area contributed by atoms with Gasteiger partial charge in [0, 0.05) is 23.5 Å². The molecule has 14 heteroatoms. The summed E-state index contributed by atoms with van der Waals surface area (Å²) in [5.41, 5.74) is 6.75. The van der Waals surface area contributed by atoms with Crippen molar-refractivity contribution in [3.8, 4) is 0 Å². The maximum Gasteiger partial charge on any atom is 0.326 e. The zero-order valence-corrected chi connectivity index (χ0v) is 19.2. The minimum absolute atomic E-state index is 0.165. The Hall–Kier alpha value is -4.46. The van der Waals surface area contributed by atoms with Crippen molar-refractivity contribution in [3.63, 3.8) is 0 Å². The molecule has 0 aliphatic carbocycles. The number of nitrogens with one attached hydrogen (secondary N) is 4. The van der Waals surface area contributed by atoms with Crippen LogP contribution in [0.4, 0.5) is 0 Å². The molecule has 4 atom stereocenters. The number of H-pyrrole nitrogens is 1. The Labute approximate surface area is 204 Å². The van der Waals surface area contributed by atoms with E-state index in [1.54, 1.807) is 30.5 Å². The van der Waals surface area contributed by atoms with Crippen molar-refractivity contribution < 1.29 is 44.1 Å². The molecule has 2 rings (SSSR count). The summed E-state index contributed by atoms with van der Waals surface area (Å²) in [6.07, 6.45) is -0.318. The molecule has 9 N–H and O–H groups in total. The molecule has 0 radical (unpaired) electrons. The summed E-state index contributed by atoms with van der Waals surface area (Å²) >= 11 is 0. The number of nitrogens with two attached hydrogens (primary N) is 1. The summed E-state index contributed by atoms with van der Waals surface area (Å²) < 4.78 is 0. The summed E-state index contributed by atoms with van der Waals surface area (Å²) in [6.45, 7) is 1.33. The van der Waals surface area contributed by atoms with E-state index in [1.807, 2.05) is 0 Å². The average Bonchev–Trinajstić information content (AvgIpc) is 3.19. The maximum atomic E-state index is 13.0. The Bertz CT molecular complexity index is 1160. The zero-order valence-electron chi connectivity index (χ0n) is 19.2. The summed E-state index contributed by atoms with van der Waals surface area (Å²) in [7, 11) is 0. The smallest absolute Gasteiger partial charge is 0.326 e. The Morgan fingerprint density at radius 1 is 0.833 bits per heavy atom. The molecule has 0 aliphatic heterocycles. The van der Waals surface area contributed by atoms with Crippen molar-refractivity contribution in [1.82, 2.24) is 20.9 Å². The number of hydrogen-bond acceptors (Lipinski definition) is 7. The number of carboxylic acid groups (broad SMARTS) is 3. The van der Waals surface area contributed by atoms with Crippen molar-refractivity contribution in [1.29, 1.82) is 0 Å². The van der Waals surface area contributed by atoms with Crippen LogP contribution in [0.15, 0.2) is 30.5 Å². The number of para-hydroxylation sites is 1. The first-order chi connectivity index (χ1) is 16.9. The van der Waals surface area contributed by atoms with Gasteiger partial charge in [-0.05, 0) is 18.6 Å². The molecular formula is C22H27N5O9. The second kappa shape index (κ2) is 12.3. The Morgan fingerprint density at radius 2 is 1.36 bits per heavy atom. The largest absolute Gasteiger partial charge is 0.481 e. The molecule has 4 unspecified atom stereocenters. The van der Waals surface area contributed by atoms with Gasteiger partial charge in [0.25, 0.3) is 0 Å². The van der Waals surface area contributed by atoms with Crippen LogP contribution in [0.1, 0.15) is 25.3 Å². The number of rotatable bonds is 13. The summed E-state index contributed by atoms with van der Waals surface area (Å²) in [5.74, 6) is -7.34. The lowest BCUT2D eigenvalue weighted by atomic mass is 10.0. The van der Waals surface area contributed by atoms with Crippen LogP contribution in [0.2, 0.25) is 0 Å². The van der Waals surface area contributed by atoms with Crippen molar-refractivity contribution in [2.24, 2.45) is 5.73 Å². The summed E-state index contributed by atoms with van der Waals surface area (Å²) in [5, 5.41) is 34.7. The SMILES string of the molecule is CC(N)C(=O)NC(CC(=O)O)C(=O)NC(Cc1c[nH]c2ccccc12)C(=O)NC(CC(=O)O)C(=O)O. The highest BCUT2D eigenvalue weighted by atomic mass is 16.4. The van der Waals surface area contributed by atoms with Gasteiger partial charge in [-0.15, -0.1) is 0 Å². The van der Waals surface area contributed by atoms with Crippen molar-refractivity contribution in [3.05, 3.63) is 36.0 Å². The van der Waals surface area contributed by atoms with Crippen LogP contribution in [0.5, 0.6) is 0 Å². The quantitative estimate of drug-likeness (QED) is 0.157. The van der Waals surface area contributed by atoms with Gasteiger partial charge in [-0.3, -0.25) is 24.0 Å². The minimum Gasteiger partial charge on any atom is -0.481 e. The number of carbonyl (C=O) groups excluding carboxylic acids is 3. The topological polar surface area (TPSA) is 241 Å². The Balaban J connectivity index is 2.34. The number of amides is 3.